The summed E-state index contributed by atoms with van der Waals surface area (Å²) in [6.45, 7) is 6.85. The summed E-state index contributed by atoms with van der Waals surface area (Å²) >= 11 is 0. The first-order valence-electron chi connectivity index (χ1n) is 18.9. The van der Waals surface area contributed by atoms with Gasteiger partial charge < -0.3 is 9.73 Å². The van der Waals surface area contributed by atoms with Crippen LogP contribution in [0.2, 0.25) is 0 Å². The molecule has 5 heteroatoms. The first kappa shape index (κ1) is 34.0. The molecule has 1 aliphatic carbocycles. The molecule has 55 heavy (non-hydrogen) atoms. The van der Waals surface area contributed by atoms with E-state index in [2.05, 4.69) is 104 Å². The molecule has 2 atom stereocenters. The summed E-state index contributed by atoms with van der Waals surface area (Å²) in [5.41, 5.74) is 11.1. The van der Waals surface area contributed by atoms with Gasteiger partial charge in [0.1, 0.15) is 11.2 Å². The van der Waals surface area contributed by atoms with Gasteiger partial charge in [0.2, 0.25) is 0 Å². The lowest BCUT2D eigenvalue weighted by Gasteiger charge is -2.22. The zero-order valence-corrected chi connectivity index (χ0v) is 30.7. The van der Waals surface area contributed by atoms with E-state index in [-0.39, 0.29) is 0 Å². The molecule has 1 N–H and O–H groups in total. The zero-order valence-electron chi connectivity index (χ0n) is 30.7. The molecular weight excluding hydrogens is 673 g/mol. The zero-order chi connectivity index (χ0) is 37.1. The molecule has 1 unspecified atom stereocenters. The van der Waals surface area contributed by atoms with Gasteiger partial charge in [0.05, 0.1) is 0 Å². The third-order valence-electron chi connectivity index (χ3n) is 10.6. The van der Waals surface area contributed by atoms with Crippen LogP contribution >= 0.6 is 0 Å². The molecule has 2 heterocycles. The van der Waals surface area contributed by atoms with E-state index in [1.165, 1.54) is 11.1 Å². The number of rotatable bonds is 9. The summed E-state index contributed by atoms with van der Waals surface area (Å²) in [7, 11) is 0. The maximum absolute atomic E-state index is 6.43. The summed E-state index contributed by atoms with van der Waals surface area (Å²) in [4.78, 5) is 15.0. The molecule has 9 rings (SSSR count). The van der Waals surface area contributed by atoms with Crippen molar-refractivity contribution in [3.05, 3.63) is 199 Å². The maximum atomic E-state index is 6.43. The SMILES string of the molecule is C=C(c1ccccc1)c1ccccc1CC1C=C(Nc2ccc3oc4cccc(-c5nc(-c6ccccc6)nc(-c6ccccc6)n5)c4c3c2)C=CC[C@@H]1C. The molecular formula is C50H40N4O. The molecule has 2 aromatic heterocycles. The molecule has 8 aromatic rings. The molecule has 0 amide bonds. The highest BCUT2D eigenvalue weighted by Crippen LogP contribution is 2.38. The maximum Gasteiger partial charge on any atom is 0.164 e. The van der Waals surface area contributed by atoms with Crippen LogP contribution < -0.4 is 5.32 Å². The van der Waals surface area contributed by atoms with Crippen molar-refractivity contribution in [1.29, 1.82) is 0 Å². The van der Waals surface area contributed by atoms with Gasteiger partial charge in [-0.2, -0.15) is 0 Å². The fourth-order valence-corrected chi connectivity index (χ4v) is 7.61. The van der Waals surface area contributed by atoms with Crippen molar-refractivity contribution in [2.45, 2.75) is 19.8 Å². The van der Waals surface area contributed by atoms with Crippen molar-refractivity contribution in [2.24, 2.45) is 11.8 Å². The first-order chi connectivity index (χ1) is 27.1. The van der Waals surface area contributed by atoms with Crippen LogP contribution in [0.3, 0.4) is 0 Å². The first-order valence-corrected chi connectivity index (χ1v) is 18.9. The highest BCUT2D eigenvalue weighted by molar-refractivity contribution is 6.12. The van der Waals surface area contributed by atoms with Gasteiger partial charge in [-0.15, -0.1) is 0 Å². The Kier molecular flexibility index (Phi) is 9.19. The highest BCUT2D eigenvalue weighted by atomic mass is 16.3. The van der Waals surface area contributed by atoms with Crippen LogP contribution in [-0.2, 0) is 6.42 Å². The lowest BCUT2D eigenvalue weighted by atomic mass is 9.83. The number of nitrogens with one attached hydrogen (secondary N) is 1. The molecule has 0 saturated heterocycles. The lowest BCUT2D eigenvalue weighted by molar-refractivity contribution is 0.432. The average molecular weight is 713 g/mol. The third kappa shape index (κ3) is 7.00. The Labute approximate surface area is 321 Å². The van der Waals surface area contributed by atoms with E-state index >= 15 is 0 Å². The number of nitrogens with zero attached hydrogens (tertiary/aromatic N) is 3. The Hall–Kier alpha value is -6.85. The summed E-state index contributed by atoms with van der Waals surface area (Å²) in [6, 6.07) is 51.7. The minimum absolute atomic E-state index is 0.328. The van der Waals surface area contributed by atoms with Crippen molar-refractivity contribution in [1.82, 2.24) is 15.0 Å². The fraction of sp³-hybridized carbons (Fsp3) is 0.100. The minimum atomic E-state index is 0.328. The van der Waals surface area contributed by atoms with Crippen molar-refractivity contribution in [3.8, 4) is 34.2 Å². The molecule has 5 nitrogen and oxygen atoms in total. The van der Waals surface area contributed by atoms with Crippen LogP contribution in [0.4, 0.5) is 5.69 Å². The van der Waals surface area contributed by atoms with Crippen LogP contribution in [-0.4, -0.2) is 15.0 Å². The van der Waals surface area contributed by atoms with E-state index in [0.29, 0.717) is 29.3 Å². The highest BCUT2D eigenvalue weighted by Gasteiger charge is 2.21. The Bertz CT molecular complexity index is 2660. The molecule has 0 bridgehead atoms. The summed E-state index contributed by atoms with van der Waals surface area (Å²) in [5, 5.41) is 5.73. The number of benzene rings is 6. The molecule has 0 saturated carbocycles. The molecule has 0 aliphatic heterocycles. The quantitative estimate of drug-likeness (QED) is 0.161. The van der Waals surface area contributed by atoms with Crippen LogP contribution in [0.5, 0.6) is 0 Å². The van der Waals surface area contributed by atoms with Gasteiger partial charge in [-0.05, 0) is 77.3 Å². The van der Waals surface area contributed by atoms with Gasteiger partial charge >= 0.3 is 0 Å². The van der Waals surface area contributed by atoms with E-state index in [1.807, 2.05) is 84.9 Å². The van der Waals surface area contributed by atoms with Gasteiger partial charge in [0.25, 0.3) is 0 Å². The molecule has 0 radical (unpaired) electrons. The van der Waals surface area contributed by atoms with Crippen molar-refractivity contribution in [2.75, 3.05) is 5.32 Å². The van der Waals surface area contributed by atoms with E-state index < -0.39 is 0 Å². The van der Waals surface area contributed by atoms with E-state index in [0.717, 1.165) is 74.0 Å². The molecule has 6 aromatic carbocycles. The summed E-state index contributed by atoms with van der Waals surface area (Å²) in [6.07, 6.45) is 8.84. The normalized spacial score (nSPS) is 15.5. The number of fused-ring (bicyclic) bond motifs is 3. The van der Waals surface area contributed by atoms with E-state index in [9.17, 15) is 0 Å². The van der Waals surface area contributed by atoms with Crippen LogP contribution in [0.15, 0.2) is 187 Å². The number of anilines is 1. The number of aromatic nitrogens is 3. The van der Waals surface area contributed by atoms with Gasteiger partial charge in [-0.25, -0.2) is 15.0 Å². The molecule has 1 aliphatic rings. The van der Waals surface area contributed by atoms with Crippen molar-refractivity contribution >= 4 is 33.2 Å². The molecule has 0 fully saturated rings. The second-order valence-electron chi connectivity index (χ2n) is 14.3. The Morgan fingerprint density at radius 3 is 2.07 bits per heavy atom. The van der Waals surface area contributed by atoms with Gasteiger partial charge in [-0.1, -0.05) is 153 Å². The van der Waals surface area contributed by atoms with E-state index in [1.54, 1.807) is 0 Å². The predicted octanol–water partition coefficient (Wildman–Crippen LogP) is 12.6. The Morgan fingerprint density at radius 1 is 0.691 bits per heavy atom. The second kappa shape index (κ2) is 14.9. The summed E-state index contributed by atoms with van der Waals surface area (Å²) < 4.78 is 6.43. The lowest BCUT2D eigenvalue weighted by Crippen LogP contribution is -2.13. The van der Waals surface area contributed by atoms with Crippen LogP contribution in [0.1, 0.15) is 30.0 Å². The Morgan fingerprint density at radius 2 is 1.35 bits per heavy atom. The largest absolute Gasteiger partial charge is 0.456 e. The number of hydrogen-bond acceptors (Lipinski definition) is 5. The number of hydrogen-bond donors (Lipinski definition) is 1. The second-order valence-corrected chi connectivity index (χ2v) is 14.3. The van der Waals surface area contributed by atoms with Crippen LogP contribution in [0.25, 0.3) is 61.7 Å². The van der Waals surface area contributed by atoms with Crippen molar-refractivity contribution in [3.63, 3.8) is 0 Å². The van der Waals surface area contributed by atoms with Crippen molar-refractivity contribution < 1.29 is 4.42 Å². The average Bonchev–Trinajstić information content (AvgIpc) is 3.53. The van der Waals surface area contributed by atoms with Gasteiger partial charge in [0.15, 0.2) is 17.5 Å². The van der Waals surface area contributed by atoms with E-state index in [4.69, 9.17) is 19.4 Å². The van der Waals surface area contributed by atoms with Gasteiger partial charge in [-0.3, -0.25) is 0 Å². The number of allylic oxidation sites excluding steroid dienone is 3. The molecule has 0 spiro atoms. The third-order valence-corrected chi connectivity index (χ3v) is 10.6. The Balaban J connectivity index is 1.07. The monoisotopic (exact) mass is 712 g/mol. The topological polar surface area (TPSA) is 63.8 Å². The van der Waals surface area contributed by atoms with Crippen LogP contribution in [0, 0.1) is 11.8 Å². The standard InChI is InChI=1S/C50H40N4O/c1-33-16-14-24-40(31-39(33)30-38-23-12-13-25-42(38)34(2)35-17-6-3-7-18-35)51-41-28-29-45-44(32-41)47-43(26-15-27-46(47)55-45)50-53-48(36-19-8-4-9-20-36)52-49(54-50)37-21-10-5-11-22-37/h3-15,17-29,31-33,39,51H,2,16,30H2,1H3/t33-,39?/m0/s1. The van der Waals surface area contributed by atoms with Gasteiger partial charge in [0, 0.05) is 38.8 Å². The smallest absolute Gasteiger partial charge is 0.164 e. The fourth-order valence-electron chi connectivity index (χ4n) is 7.61. The number of furan rings is 1. The molecule has 266 valence electrons. The predicted molar refractivity (Wildman–Crippen MR) is 226 cm³/mol. The summed E-state index contributed by atoms with van der Waals surface area (Å²) in [5.74, 6) is 2.65. The minimum Gasteiger partial charge on any atom is -0.456 e.